The molecule has 1 fully saturated rings. The van der Waals surface area contributed by atoms with Gasteiger partial charge in [0.05, 0.1) is 6.20 Å². The van der Waals surface area contributed by atoms with E-state index in [2.05, 4.69) is 25.9 Å². The topological polar surface area (TPSA) is 96.0 Å². The lowest BCUT2D eigenvalue weighted by atomic mass is 10.1. The first kappa shape index (κ1) is 19.1. The van der Waals surface area contributed by atoms with Crippen LogP contribution >= 0.6 is 11.3 Å². The highest BCUT2D eigenvalue weighted by atomic mass is 32.1. The minimum Gasteiger partial charge on any atom is -0.357 e. The van der Waals surface area contributed by atoms with Gasteiger partial charge in [-0.1, -0.05) is 23.5 Å². The number of benzene rings is 1. The molecule has 1 saturated carbocycles. The van der Waals surface area contributed by atoms with E-state index >= 15 is 0 Å². The number of pyridine rings is 1. The third-order valence-electron chi connectivity index (χ3n) is 4.56. The van der Waals surface area contributed by atoms with Gasteiger partial charge in [-0.25, -0.2) is 4.98 Å². The highest BCUT2D eigenvalue weighted by Crippen LogP contribution is 2.23. The van der Waals surface area contributed by atoms with Gasteiger partial charge < -0.3 is 16.0 Å². The van der Waals surface area contributed by atoms with Gasteiger partial charge in [-0.15, -0.1) is 0 Å². The first-order chi connectivity index (χ1) is 14.1. The third-order valence-corrected chi connectivity index (χ3v) is 5.51. The molecule has 3 aromatic rings. The van der Waals surface area contributed by atoms with Crippen LogP contribution < -0.4 is 16.0 Å². The van der Waals surface area contributed by atoms with Gasteiger partial charge in [0.2, 0.25) is 0 Å². The number of nitrogens with zero attached hydrogens (tertiary/aromatic N) is 2. The average Bonchev–Trinajstić information content (AvgIpc) is 3.41. The van der Waals surface area contributed by atoms with E-state index in [4.69, 9.17) is 0 Å². The monoisotopic (exact) mass is 407 g/mol. The van der Waals surface area contributed by atoms with Crippen molar-refractivity contribution in [2.24, 2.45) is 0 Å². The molecule has 148 valence electrons. The second kappa shape index (κ2) is 8.40. The molecule has 1 aliphatic carbocycles. The molecular weight excluding hydrogens is 386 g/mol. The van der Waals surface area contributed by atoms with Crippen LogP contribution in [0.15, 0.2) is 48.9 Å². The van der Waals surface area contributed by atoms with E-state index in [0.29, 0.717) is 27.8 Å². The number of thiazole rings is 1. The Morgan fingerprint density at radius 3 is 2.79 bits per heavy atom. The summed E-state index contributed by atoms with van der Waals surface area (Å²) < 4.78 is 0. The predicted octanol–water partition coefficient (Wildman–Crippen LogP) is 3.60. The quantitative estimate of drug-likeness (QED) is 0.556. The van der Waals surface area contributed by atoms with Crippen LogP contribution in [0.4, 0.5) is 10.8 Å². The lowest BCUT2D eigenvalue weighted by Crippen LogP contribution is -2.25. The van der Waals surface area contributed by atoms with Crippen LogP contribution in [0.5, 0.6) is 0 Å². The molecule has 2 aromatic heterocycles. The van der Waals surface area contributed by atoms with Crippen LogP contribution in [0.3, 0.4) is 0 Å². The van der Waals surface area contributed by atoms with Crippen LogP contribution in [0.25, 0.3) is 0 Å². The number of hydrogen-bond donors (Lipinski definition) is 3. The molecule has 29 heavy (non-hydrogen) atoms. The molecule has 0 unspecified atom stereocenters. The summed E-state index contributed by atoms with van der Waals surface area (Å²) in [5.74, 6) is -0.359. The van der Waals surface area contributed by atoms with Crippen molar-refractivity contribution in [3.8, 4) is 0 Å². The number of carbonyl (C=O) groups is 2. The van der Waals surface area contributed by atoms with E-state index < -0.39 is 0 Å². The number of rotatable bonds is 7. The third kappa shape index (κ3) is 4.97. The van der Waals surface area contributed by atoms with Crippen molar-refractivity contribution in [3.05, 3.63) is 70.5 Å². The van der Waals surface area contributed by atoms with E-state index in [1.54, 1.807) is 30.7 Å². The summed E-state index contributed by atoms with van der Waals surface area (Å²) in [5.41, 5.74) is 3.09. The van der Waals surface area contributed by atoms with Gasteiger partial charge >= 0.3 is 0 Å². The van der Waals surface area contributed by atoms with Gasteiger partial charge in [0.1, 0.15) is 4.88 Å². The van der Waals surface area contributed by atoms with Crippen LogP contribution in [0.2, 0.25) is 0 Å². The maximum Gasteiger partial charge on any atom is 0.267 e. The number of amides is 2. The van der Waals surface area contributed by atoms with Crippen molar-refractivity contribution >= 4 is 34.0 Å². The fourth-order valence-corrected chi connectivity index (χ4v) is 3.43. The lowest BCUT2D eigenvalue weighted by molar-refractivity contribution is 0.0949. The molecule has 3 N–H and O–H groups in total. The summed E-state index contributed by atoms with van der Waals surface area (Å²) in [6.45, 7) is 2.48. The van der Waals surface area contributed by atoms with E-state index in [1.165, 1.54) is 11.3 Å². The van der Waals surface area contributed by atoms with Crippen molar-refractivity contribution in [3.63, 3.8) is 0 Å². The summed E-state index contributed by atoms with van der Waals surface area (Å²) in [6.07, 6.45) is 7.11. The Bertz CT molecular complexity index is 1030. The summed E-state index contributed by atoms with van der Waals surface area (Å²) in [6, 6.07) is 9.46. The molecule has 0 atom stereocenters. The molecule has 0 saturated heterocycles. The van der Waals surface area contributed by atoms with Crippen molar-refractivity contribution in [1.29, 1.82) is 0 Å². The van der Waals surface area contributed by atoms with Gasteiger partial charge in [-0.2, -0.15) is 0 Å². The highest BCUT2D eigenvalue weighted by Gasteiger charge is 2.24. The Morgan fingerprint density at radius 1 is 1.17 bits per heavy atom. The van der Waals surface area contributed by atoms with E-state index in [1.807, 2.05) is 25.1 Å². The molecular formula is C21H21N5O2S. The maximum absolute atomic E-state index is 12.6. The summed E-state index contributed by atoms with van der Waals surface area (Å²) in [4.78, 5) is 33.7. The fraction of sp³-hybridized carbons (Fsp3) is 0.238. The number of anilines is 2. The SMILES string of the molecule is Cc1ccc(C(=O)NC2CC2)cc1NC(=O)c1cnc(NCc2cccnc2)s1. The van der Waals surface area contributed by atoms with E-state index in [0.717, 1.165) is 24.0 Å². The lowest BCUT2D eigenvalue weighted by Gasteiger charge is -2.10. The number of aromatic nitrogens is 2. The zero-order valence-electron chi connectivity index (χ0n) is 15.9. The van der Waals surface area contributed by atoms with Crippen LogP contribution in [-0.2, 0) is 6.54 Å². The highest BCUT2D eigenvalue weighted by molar-refractivity contribution is 7.17. The molecule has 8 heteroatoms. The van der Waals surface area contributed by atoms with E-state index in [-0.39, 0.29) is 17.9 Å². The first-order valence-corrected chi connectivity index (χ1v) is 10.2. The van der Waals surface area contributed by atoms with Crippen molar-refractivity contribution in [2.45, 2.75) is 32.4 Å². The van der Waals surface area contributed by atoms with Crippen LogP contribution in [0, 0.1) is 6.92 Å². The molecule has 1 aromatic carbocycles. The summed E-state index contributed by atoms with van der Waals surface area (Å²) in [5, 5.41) is 9.71. The zero-order valence-corrected chi connectivity index (χ0v) is 16.8. The van der Waals surface area contributed by atoms with Gasteiger partial charge in [0.25, 0.3) is 11.8 Å². The van der Waals surface area contributed by atoms with Crippen LogP contribution in [-0.4, -0.2) is 27.8 Å². The average molecular weight is 407 g/mol. The molecule has 7 nitrogen and oxygen atoms in total. The smallest absolute Gasteiger partial charge is 0.267 e. The molecule has 0 radical (unpaired) electrons. The Morgan fingerprint density at radius 2 is 2.03 bits per heavy atom. The molecule has 0 bridgehead atoms. The molecule has 0 aliphatic heterocycles. The summed E-state index contributed by atoms with van der Waals surface area (Å²) in [7, 11) is 0. The van der Waals surface area contributed by atoms with Gasteiger partial charge in [-0.3, -0.25) is 14.6 Å². The molecule has 1 aliphatic rings. The second-order valence-corrected chi connectivity index (χ2v) is 8.01. The maximum atomic E-state index is 12.6. The standard InChI is InChI=1S/C21H21N5O2S/c1-13-4-5-15(19(27)25-16-6-7-16)9-17(13)26-20(28)18-12-24-21(29-18)23-11-14-3-2-8-22-10-14/h2-5,8-10,12,16H,6-7,11H2,1H3,(H,23,24)(H,25,27)(H,26,28). The van der Waals surface area contributed by atoms with Gasteiger partial charge in [0, 0.05) is 36.2 Å². The zero-order chi connectivity index (χ0) is 20.2. The Balaban J connectivity index is 1.40. The van der Waals surface area contributed by atoms with Gasteiger partial charge in [0.15, 0.2) is 5.13 Å². The first-order valence-electron chi connectivity index (χ1n) is 9.40. The fourth-order valence-electron chi connectivity index (χ4n) is 2.72. The number of hydrogen-bond acceptors (Lipinski definition) is 6. The van der Waals surface area contributed by atoms with Crippen molar-refractivity contribution in [1.82, 2.24) is 15.3 Å². The molecule has 2 amide bonds. The predicted molar refractivity (Wildman–Crippen MR) is 113 cm³/mol. The molecule has 4 rings (SSSR count). The minimum absolute atomic E-state index is 0.109. The van der Waals surface area contributed by atoms with Crippen molar-refractivity contribution < 1.29 is 9.59 Å². The Kier molecular flexibility index (Phi) is 5.53. The Labute approximate surface area is 172 Å². The Hall–Kier alpha value is -3.26. The molecule has 2 heterocycles. The van der Waals surface area contributed by atoms with Gasteiger partial charge in [-0.05, 0) is 49.1 Å². The molecule has 0 spiro atoms. The van der Waals surface area contributed by atoms with Crippen molar-refractivity contribution in [2.75, 3.05) is 10.6 Å². The number of aryl methyl sites for hydroxylation is 1. The van der Waals surface area contributed by atoms with Crippen LogP contribution in [0.1, 0.15) is 44.0 Å². The number of nitrogens with one attached hydrogen (secondary N) is 3. The minimum atomic E-state index is -0.250. The second-order valence-electron chi connectivity index (χ2n) is 6.98. The summed E-state index contributed by atoms with van der Waals surface area (Å²) >= 11 is 1.28. The largest absolute Gasteiger partial charge is 0.357 e. The normalized spacial score (nSPS) is 13.0. The van der Waals surface area contributed by atoms with E-state index in [9.17, 15) is 9.59 Å². The number of carbonyl (C=O) groups excluding carboxylic acids is 2.